The lowest BCUT2D eigenvalue weighted by Gasteiger charge is -2.03. The molecule has 3 heteroatoms. The van der Waals surface area contributed by atoms with Crippen LogP contribution >= 0.6 is 0 Å². The summed E-state index contributed by atoms with van der Waals surface area (Å²) in [5.41, 5.74) is 2.58. The molecule has 0 N–H and O–H groups in total. The Hall–Kier alpha value is -1.64. The van der Waals surface area contributed by atoms with Crippen LogP contribution in [0.4, 0.5) is 0 Å². The first kappa shape index (κ1) is 11.4. The highest BCUT2D eigenvalue weighted by Crippen LogP contribution is 2.07. The summed E-state index contributed by atoms with van der Waals surface area (Å²) in [7, 11) is 0. The van der Waals surface area contributed by atoms with Gasteiger partial charge in [-0.1, -0.05) is 38.1 Å². The second-order valence-electron chi connectivity index (χ2n) is 3.02. The maximum atomic E-state index is 4.06. The van der Waals surface area contributed by atoms with Gasteiger partial charge in [-0.25, -0.2) is 9.67 Å². The number of nitrogens with zero attached hydrogens (tertiary/aromatic N) is 3. The second-order valence-corrected chi connectivity index (χ2v) is 3.02. The molecule has 0 unspecified atom stereocenters. The average Bonchev–Trinajstić information content (AvgIpc) is 2.77. The van der Waals surface area contributed by atoms with Gasteiger partial charge in [0.25, 0.3) is 0 Å². The minimum absolute atomic E-state index is 0.798. The van der Waals surface area contributed by atoms with Gasteiger partial charge in [-0.2, -0.15) is 5.10 Å². The van der Waals surface area contributed by atoms with Crippen molar-refractivity contribution >= 4 is 0 Å². The molecule has 0 amide bonds. The normalized spacial score (nSPS) is 9.27. The van der Waals surface area contributed by atoms with Crippen molar-refractivity contribution in [1.29, 1.82) is 0 Å². The molecule has 0 aliphatic heterocycles. The summed E-state index contributed by atoms with van der Waals surface area (Å²) >= 11 is 0. The molecule has 0 aliphatic rings. The van der Waals surface area contributed by atoms with Crippen LogP contribution in [0.15, 0.2) is 36.9 Å². The Kier molecular flexibility index (Phi) is 4.54. The van der Waals surface area contributed by atoms with Crippen LogP contribution in [0.25, 0.3) is 0 Å². The van der Waals surface area contributed by atoms with E-state index in [0.29, 0.717) is 0 Å². The fraction of sp³-hybridized carbons (Fsp3) is 0.333. The zero-order valence-electron chi connectivity index (χ0n) is 9.51. The van der Waals surface area contributed by atoms with Crippen molar-refractivity contribution in [3.63, 3.8) is 0 Å². The Morgan fingerprint density at radius 1 is 1.20 bits per heavy atom. The first-order valence-corrected chi connectivity index (χ1v) is 5.23. The van der Waals surface area contributed by atoms with Gasteiger partial charge in [-0.05, 0) is 18.1 Å². The summed E-state index contributed by atoms with van der Waals surface area (Å²) in [6.45, 7) is 6.90. The highest BCUT2D eigenvalue weighted by atomic mass is 15.3. The first-order valence-electron chi connectivity index (χ1n) is 5.23. The highest BCUT2D eigenvalue weighted by molar-refractivity contribution is 5.25. The third kappa shape index (κ3) is 3.20. The maximum Gasteiger partial charge on any atom is 0.137 e. The predicted molar refractivity (Wildman–Crippen MR) is 61.7 cm³/mol. The molecule has 2 aromatic rings. The Morgan fingerprint density at radius 3 is 2.53 bits per heavy atom. The smallest absolute Gasteiger partial charge is 0.137 e. The largest absolute Gasteiger partial charge is 0.249 e. The first-order chi connectivity index (χ1) is 7.36. The molecule has 0 radical (unpaired) electrons. The molecule has 80 valence electrons. The molecule has 1 heterocycles. The van der Waals surface area contributed by atoms with E-state index in [2.05, 4.69) is 29.1 Å². The van der Waals surface area contributed by atoms with E-state index in [0.717, 1.165) is 6.54 Å². The third-order valence-electron chi connectivity index (χ3n) is 2.06. The molecular formula is C12H17N3. The SMILES string of the molecule is CC.Cc1ccccc1Cn1cncn1. The summed E-state index contributed by atoms with van der Waals surface area (Å²) in [6.07, 6.45) is 3.28. The lowest BCUT2D eigenvalue weighted by molar-refractivity contribution is 0.682. The standard InChI is InChI=1S/C10H11N3.C2H6/c1-9-4-2-3-5-10(9)6-13-8-11-7-12-13;1-2/h2-5,7-8H,6H2,1H3;1-2H3. The molecular weight excluding hydrogens is 186 g/mol. The van der Waals surface area contributed by atoms with Crippen LogP contribution in [0, 0.1) is 6.92 Å². The molecule has 2 rings (SSSR count). The molecule has 0 saturated heterocycles. The molecule has 0 spiro atoms. The van der Waals surface area contributed by atoms with Gasteiger partial charge >= 0.3 is 0 Å². The zero-order chi connectivity index (χ0) is 11.1. The Balaban J connectivity index is 0.000000531. The topological polar surface area (TPSA) is 30.7 Å². The van der Waals surface area contributed by atoms with Crippen molar-refractivity contribution in [2.24, 2.45) is 0 Å². The lowest BCUT2D eigenvalue weighted by Crippen LogP contribution is -2.01. The van der Waals surface area contributed by atoms with E-state index in [-0.39, 0.29) is 0 Å². The lowest BCUT2D eigenvalue weighted by atomic mass is 10.1. The number of hydrogen-bond donors (Lipinski definition) is 0. The Bertz CT molecular complexity index is 380. The van der Waals surface area contributed by atoms with Crippen LogP contribution in [0.5, 0.6) is 0 Å². The molecule has 0 atom stereocenters. The summed E-state index contributed by atoms with van der Waals surface area (Å²) in [5, 5.41) is 4.06. The molecule has 1 aromatic heterocycles. The summed E-state index contributed by atoms with van der Waals surface area (Å²) < 4.78 is 1.82. The molecule has 1 aromatic carbocycles. The van der Waals surface area contributed by atoms with Crippen LogP contribution in [-0.4, -0.2) is 14.8 Å². The summed E-state index contributed by atoms with van der Waals surface area (Å²) in [4.78, 5) is 3.90. The van der Waals surface area contributed by atoms with Crippen LogP contribution in [0.2, 0.25) is 0 Å². The van der Waals surface area contributed by atoms with Crippen molar-refractivity contribution in [2.45, 2.75) is 27.3 Å². The maximum absolute atomic E-state index is 4.06. The van der Waals surface area contributed by atoms with Crippen molar-refractivity contribution < 1.29 is 0 Å². The van der Waals surface area contributed by atoms with E-state index >= 15 is 0 Å². The summed E-state index contributed by atoms with van der Waals surface area (Å²) in [5.74, 6) is 0. The average molecular weight is 203 g/mol. The van der Waals surface area contributed by atoms with E-state index in [1.165, 1.54) is 11.1 Å². The predicted octanol–water partition coefficient (Wildman–Crippen LogP) is 2.66. The molecule has 3 nitrogen and oxygen atoms in total. The van der Waals surface area contributed by atoms with Gasteiger partial charge in [0.2, 0.25) is 0 Å². The Morgan fingerprint density at radius 2 is 1.93 bits per heavy atom. The molecule has 15 heavy (non-hydrogen) atoms. The fourth-order valence-electron chi connectivity index (χ4n) is 1.28. The summed E-state index contributed by atoms with van der Waals surface area (Å²) in [6, 6.07) is 8.29. The van der Waals surface area contributed by atoms with Crippen LogP contribution in [0.3, 0.4) is 0 Å². The van der Waals surface area contributed by atoms with E-state index in [1.54, 1.807) is 12.7 Å². The molecule has 0 bridgehead atoms. The number of aromatic nitrogens is 3. The van der Waals surface area contributed by atoms with Gasteiger partial charge in [0.15, 0.2) is 0 Å². The van der Waals surface area contributed by atoms with Gasteiger partial charge < -0.3 is 0 Å². The van der Waals surface area contributed by atoms with Crippen molar-refractivity contribution in [3.05, 3.63) is 48.0 Å². The minimum atomic E-state index is 0.798. The van der Waals surface area contributed by atoms with Gasteiger partial charge in [-0.15, -0.1) is 0 Å². The molecule has 0 fully saturated rings. The monoisotopic (exact) mass is 203 g/mol. The number of benzene rings is 1. The van der Waals surface area contributed by atoms with Crippen LogP contribution in [0.1, 0.15) is 25.0 Å². The van der Waals surface area contributed by atoms with E-state index in [4.69, 9.17) is 0 Å². The van der Waals surface area contributed by atoms with Crippen LogP contribution < -0.4 is 0 Å². The van der Waals surface area contributed by atoms with Crippen molar-refractivity contribution in [1.82, 2.24) is 14.8 Å². The second kappa shape index (κ2) is 5.96. The molecule has 0 saturated carbocycles. The highest BCUT2D eigenvalue weighted by Gasteiger charge is 1.97. The quantitative estimate of drug-likeness (QED) is 0.751. The molecule has 0 aliphatic carbocycles. The van der Waals surface area contributed by atoms with Crippen LogP contribution in [-0.2, 0) is 6.54 Å². The van der Waals surface area contributed by atoms with E-state index in [9.17, 15) is 0 Å². The number of aryl methyl sites for hydroxylation is 1. The zero-order valence-corrected chi connectivity index (χ0v) is 9.51. The van der Waals surface area contributed by atoms with Crippen molar-refractivity contribution in [3.8, 4) is 0 Å². The number of hydrogen-bond acceptors (Lipinski definition) is 2. The van der Waals surface area contributed by atoms with Gasteiger partial charge in [0, 0.05) is 0 Å². The Labute approximate surface area is 90.8 Å². The fourth-order valence-corrected chi connectivity index (χ4v) is 1.28. The van der Waals surface area contributed by atoms with Gasteiger partial charge in [0.05, 0.1) is 6.54 Å². The van der Waals surface area contributed by atoms with Gasteiger partial charge in [-0.3, -0.25) is 0 Å². The van der Waals surface area contributed by atoms with Crippen molar-refractivity contribution in [2.75, 3.05) is 0 Å². The van der Waals surface area contributed by atoms with E-state index in [1.807, 2.05) is 30.7 Å². The third-order valence-corrected chi connectivity index (χ3v) is 2.06. The number of rotatable bonds is 2. The van der Waals surface area contributed by atoms with Gasteiger partial charge in [0.1, 0.15) is 12.7 Å². The minimum Gasteiger partial charge on any atom is -0.249 e. The van der Waals surface area contributed by atoms with E-state index < -0.39 is 0 Å².